The third-order valence-electron chi connectivity index (χ3n) is 7.55. The van der Waals surface area contributed by atoms with Crippen LogP contribution < -0.4 is 10.6 Å². The maximum absolute atomic E-state index is 14.4. The molecule has 7 nitrogen and oxygen atoms in total. The number of aryl methyl sites for hydroxylation is 1. The summed E-state index contributed by atoms with van der Waals surface area (Å²) in [4.78, 5) is 46.4. The number of likely N-dealkylation sites (tertiary alicyclic amines) is 1. The molecule has 3 amide bonds. The molecular formula is C31H45FN4O3S. The summed E-state index contributed by atoms with van der Waals surface area (Å²) >= 11 is 1.61. The summed E-state index contributed by atoms with van der Waals surface area (Å²) in [6.07, 6.45) is 1.61. The van der Waals surface area contributed by atoms with Gasteiger partial charge in [0, 0.05) is 13.1 Å². The number of nitrogens with zero attached hydrogens (tertiary/aromatic N) is 2. The van der Waals surface area contributed by atoms with Crippen LogP contribution in [0.5, 0.6) is 0 Å². The number of halogens is 1. The summed E-state index contributed by atoms with van der Waals surface area (Å²) in [5, 5.41) is 5.70. The second-order valence-electron chi connectivity index (χ2n) is 12.0. The van der Waals surface area contributed by atoms with Crippen molar-refractivity contribution in [3.8, 4) is 10.4 Å². The average molecular weight is 573 g/mol. The molecule has 2 aromatic rings. The van der Waals surface area contributed by atoms with E-state index in [1.165, 1.54) is 0 Å². The minimum absolute atomic E-state index is 0.182. The predicted molar refractivity (Wildman–Crippen MR) is 159 cm³/mol. The first-order valence-electron chi connectivity index (χ1n) is 14.4. The summed E-state index contributed by atoms with van der Waals surface area (Å²) in [6, 6.07) is 4.76. The van der Waals surface area contributed by atoms with Crippen LogP contribution in [-0.2, 0) is 20.9 Å². The van der Waals surface area contributed by atoms with Gasteiger partial charge in [-0.1, -0.05) is 60.6 Å². The number of carbonyl (C=O) groups is 3. The maximum Gasteiger partial charge on any atom is 0.258 e. The maximum atomic E-state index is 14.4. The van der Waals surface area contributed by atoms with E-state index in [1.54, 1.807) is 16.2 Å². The zero-order chi connectivity index (χ0) is 29.8. The first kappa shape index (κ1) is 31.7. The quantitative estimate of drug-likeness (QED) is 0.412. The monoisotopic (exact) mass is 572 g/mol. The fraction of sp³-hybridized carbons (Fsp3) is 0.613. The van der Waals surface area contributed by atoms with Crippen LogP contribution >= 0.6 is 11.3 Å². The lowest BCUT2D eigenvalue weighted by molar-refractivity contribution is -0.144. The number of carbonyl (C=O) groups excluding carboxylic acids is 3. The molecule has 1 saturated carbocycles. The van der Waals surface area contributed by atoms with Gasteiger partial charge in [0.05, 0.1) is 16.1 Å². The molecule has 2 unspecified atom stereocenters. The zero-order valence-electron chi connectivity index (χ0n) is 25.2. The minimum atomic E-state index is -1.87. The Bertz CT molecular complexity index is 1220. The van der Waals surface area contributed by atoms with Crippen molar-refractivity contribution in [1.29, 1.82) is 0 Å². The molecule has 0 radical (unpaired) electrons. The average Bonchev–Trinajstić information content (AvgIpc) is 3.28. The highest BCUT2D eigenvalue weighted by atomic mass is 32.1. The lowest BCUT2D eigenvalue weighted by Crippen LogP contribution is -2.58. The first-order chi connectivity index (χ1) is 18.8. The number of alkyl halides is 1. The largest absolute Gasteiger partial charge is 0.350 e. The van der Waals surface area contributed by atoms with E-state index < -0.39 is 29.1 Å². The smallest absolute Gasteiger partial charge is 0.258 e. The molecule has 2 aliphatic rings. The van der Waals surface area contributed by atoms with Gasteiger partial charge in [-0.3, -0.25) is 14.4 Å². The number of aromatic nitrogens is 1. The van der Waals surface area contributed by atoms with Gasteiger partial charge < -0.3 is 15.5 Å². The van der Waals surface area contributed by atoms with Crippen molar-refractivity contribution >= 4 is 29.1 Å². The standard InChI is InChI=1S/C29H39FN4O3S.C2H6/c1-17(2)21-14-19(23-18(3)32-16-38-23)9-10-20(21)15-31-25(35)22-8-7-13-34(22)26(36)24(28(4,5)6)33-27(37)29(30)11-12-29;1-2/h9-10,14,16-17,22,24H,7-8,11-13,15H2,1-6H3,(H,31,35)(H,33,37);1-2H3. The van der Waals surface area contributed by atoms with Crippen LogP contribution in [0.4, 0.5) is 4.39 Å². The third kappa shape index (κ3) is 7.09. The molecule has 40 heavy (non-hydrogen) atoms. The van der Waals surface area contributed by atoms with Crippen LogP contribution in [0.1, 0.15) is 96.9 Å². The van der Waals surface area contributed by atoms with E-state index in [0.29, 0.717) is 25.9 Å². The molecule has 220 valence electrons. The molecule has 1 saturated heterocycles. The lowest BCUT2D eigenvalue weighted by atomic mass is 9.85. The van der Waals surface area contributed by atoms with Gasteiger partial charge in [0.25, 0.3) is 5.91 Å². The first-order valence-corrected chi connectivity index (χ1v) is 15.3. The zero-order valence-corrected chi connectivity index (χ0v) is 26.0. The number of rotatable bonds is 8. The molecule has 0 bridgehead atoms. The Morgan fingerprint density at radius 2 is 1.88 bits per heavy atom. The predicted octanol–water partition coefficient (Wildman–Crippen LogP) is 5.91. The van der Waals surface area contributed by atoms with Crippen molar-refractivity contribution in [3.63, 3.8) is 0 Å². The van der Waals surface area contributed by atoms with Crippen LogP contribution in [-0.4, -0.2) is 51.9 Å². The van der Waals surface area contributed by atoms with Gasteiger partial charge in [0.1, 0.15) is 12.1 Å². The Morgan fingerprint density at radius 1 is 1.20 bits per heavy atom. The van der Waals surface area contributed by atoms with Crippen molar-refractivity contribution in [2.24, 2.45) is 5.41 Å². The Hall–Kier alpha value is -2.81. The molecule has 1 aliphatic carbocycles. The summed E-state index contributed by atoms with van der Waals surface area (Å²) in [5.74, 6) is -1.01. The van der Waals surface area contributed by atoms with Crippen molar-refractivity contribution in [2.45, 2.75) is 111 Å². The molecule has 4 rings (SSSR count). The Morgan fingerprint density at radius 3 is 2.42 bits per heavy atom. The van der Waals surface area contributed by atoms with Crippen LogP contribution in [0, 0.1) is 12.3 Å². The van der Waals surface area contributed by atoms with Crippen molar-refractivity contribution in [1.82, 2.24) is 20.5 Å². The van der Waals surface area contributed by atoms with Gasteiger partial charge in [0.15, 0.2) is 5.67 Å². The third-order valence-corrected chi connectivity index (χ3v) is 8.53. The Labute approximate surface area is 242 Å². The molecule has 2 atom stereocenters. The van der Waals surface area contributed by atoms with Crippen molar-refractivity contribution < 1.29 is 18.8 Å². The number of amides is 3. The number of hydrogen-bond donors (Lipinski definition) is 2. The SMILES string of the molecule is CC.Cc1ncsc1-c1ccc(CNC(=O)C2CCCN2C(=O)C(NC(=O)C2(F)CC2)C(C)(C)C)c(C(C)C)c1. The van der Waals surface area contributed by atoms with Crippen LogP contribution in [0.15, 0.2) is 23.7 Å². The van der Waals surface area contributed by atoms with Gasteiger partial charge >= 0.3 is 0 Å². The van der Waals surface area contributed by atoms with E-state index in [0.717, 1.165) is 27.3 Å². The normalized spacial score (nSPS) is 18.6. The van der Waals surface area contributed by atoms with Crippen LogP contribution in [0.2, 0.25) is 0 Å². The van der Waals surface area contributed by atoms with E-state index in [4.69, 9.17) is 0 Å². The topological polar surface area (TPSA) is 91.4 Å². The highest BCUT2D eigenvalue weighted by molar-refractivity contribution is 7.13. The van der Waals surface area contributed by atoms with Crippen LogP contribution in [0.25, 0.3) is 10.4 Å². The van der Waals surface area contributed by atoms with Crippen molar-refractivity contribution in [2.75, 3.05) is 6.54 Å². The fourth-order valence-corrected chi connectivity index (χ4v) is 5.83. The second-order valence-corrected chi connectivity index (χ2v) is 12.8. The molecule has 2 fully saturated rings. The Kier molecular flexibility index (Phi) is 10.1. The molecule has 9 heteroatoms. The molecular weight excluding hydrogens is 527 g/mol. The summed E-state index contributed by atoms with van der Waals surface area (Å²) in [6.45, 7) is 16.6. The van der Waals surface area contributed by atoms with E-state index in [9.17, 15) is 18.8 Å². The number of nitrogens with one attached hydrogen (secondary N) is 2. The highest BCUT2D eigenvalue weighted by Gasteiger charge is 2.53. The fourth-order valence-electron chi connectivity index (χ4n) is 5.03. The van der Waals surface area contributed by atoms with Gasteiger partial charge in [-0.2, -0.15) is 0 Å². The van der Waals surface area contributed by atoms with Crippen LogP contribution in [0.3, 0.4) is 0 Å². The van der Waals surface area contributed by atoms with Gasteiger partial charge in [-0.25, -0.2) is 9.37 Å². The summed E-state index contributed by atoms with van der Waals surface area (Å²) < 4.78 is 14.4. The number of hydrogen-bond acceptors (Lipinski definition) is 5. The molecule has 1 aromatic carbocycles. The van der Waals surface area contributed by atoms with E-state index in [2.05, 4.69) is 47.7 Å². The minimum Gasteiger partial charge on any atom is -0.350 e. The van der Waals surface area contributed by atoms with Crippen molar-refractivity contribution in [3.05, 3.63) is 40.5 Å². The molecule has 2 heterocycles. The second kappa shape index (κ2) is 12.8. The van der Waals surface area contributed by atoms with E-state index in [-0.39, 0.29) is 30.6 Å². The molecule has 2 N–H and O–H groups in total. The van der Waals surface area contributed by atoms with E-state index in [1.807, 2.05) is 47.1 Å². The lowest BCUT2D eigenvalue weighted by Gasteiger charge is -2.35. The highest BCUT2D eigenvalue weighted by Crippen LogP contribution is 2.40. The molecule has 1 aromatic heterocycles. The molecule has 1 aliphatic heterocycles. The summed E-state index contributed by atoms with van der Waals surface area (Å²) in [7, 11) is 0. The number of thiazole rings is 1. The van der Waals surface area contributed by atoms with Gasteiger partial charge in [-0.15, -0.1) is 11.3 Å². The number of benzene rings is 1. The molecule has 0 spiro atoms. The van der Waals surface area contributed by atoms with Gasteiger partial charge in [0.2, 0.25) is 11.8 Å². The Balaban J connectivity index is 0.00000216. The van der Waals surface area contributed by atoms with Gasteiger partial charge in [-0.05, 0) is 66.7 Å². The summed E-state index contributed by atoms with van der Waals surface area (Å²) in [5.41, 5.74) is 3.66. The van der Waals surface area contributed by atoms with E-state index >= 15 is 0 Å².